The molecule has 0 aromatic carbocycles. The van der Waals surface area contributed by atoms with Crippen LogP contribution in [0, 0.1) is 0 Å². The first kappa shape index (κ1) is 11.7. The third-order valence-electron chi connectivity index (χ3n) is 0.529. The number of carbonyl (C=O) groups is 1. The number of halogens is 1. The summed E-state index contributed by atoms with van der Waals surface area (Å²) in [5.74, 6) is -5.19. The molecule has 0 heterocycles. The Morgan fingerprint density at radius 3 is 1.89 bits per heavy atom. The van der Waals surface area contributed by atoms with Gasteiger partial charge < -0.3 is 15.3 Å². The molecular formula is C3H6FLiO4. The third kappa shape index (κ3) is 3.49. The molecule has 0 spiro atoms. The number of hydrogen-bond donors (Lipinski definition) is 3. The molecule has 0 saturated heterocycles. The molecule has 0 aliphatic heterocycles. The van der Waals surface area contributed by atoms with E-state index in [4.69, 9.17) is 15.3 Å². The van der Waals surface area contributed by atoms with E-state index in [0.717, 1.165) is 0 Å². The number of carboxylic acids is 1. The Morgan fingerprint density at radius 2 is 1.89 bits per heavy atom. The van der Waals surface area contributed by atoms with Crippen molar-refractivity contribution >= 4 is 24.8 Å². The molecule has 0 aliphatic rings. The fourth-order valence-electron chi connectivity index (χ4n) is 0.0572. The van der Waals surface area contributed by atoms with Crippen molar-refractivity contribution in [1.29, 1.82) is 0 Å². The summed E-state index contributed by atoms with van der Waals surface area (Å²) in [5.41, 5.74) is 0. The van der Waals surface area contributed by atoms with Crippen LogP contribution >= 0.6 is 0 Å². The molecule has 0 unspecified atom stereocenters. The van der Waals surface area contributed by atoms with Gasteiger partial charge in [-0.2, -0.15) is 0 Å². The van der Waals surface area contributed by atoms with Crippen molar-refractivity contribution in [3.05, 3.63) is 0 Å². The second kappa shape index (κ2) is 3.85. The number of carboxylic acid groups (broad SMARTS) is 1. The molecule has 0 atom stereocenters. The van der Waals surface area contributed by atoms with Gasteiger partial charge in [0.1, 0.15) is 0 Å². The van der Waals surface area contributed by atoms with Crippen molar-refractivity contribution in [2.75, 3.05) is 6.67 Å². The monoisotopic (exact) mass is 132 g/mol. The Kier molecular flexibility index (Phi) is 5.00. The van der Waals surface area contributed by atoms with Crippen LogP contribution in [0.1, 0.15) is 0 Å². The van der Waals surface area contributed by atoms with Gasteiger partial charge in [0, 0.05) is 0 Å². The second-order valence-electron chi connectivity index (χ2n) is 1.26. The average molecular weight is 132 g/mol. The van der Waals surface area contributed by atoms with Crippen LogP contribution in [-0.2, 0) is 4.79 Å². The Bertz CT molecular complexity index is 104. The van der Waals surface area contributed by atoms with E-state index < -0.39 is 18.4 Å². The summed E-state index contributed by atoms with van der Waals surface area (Å²) in [6, 6.07) is 0. The number of alkyl halides is 1. The van der Waals surface area contributed by atoms with E-state index in [1.54, 1.807) is 0 Å². The topological polar surface area (TPSA) is 77.8 Å². The Hall–Kier alpha value is -0.0826. The summed E-state index contributed by atoms with van der Waals surface area (Å²) in [6.45, 7) is -1.71. The first-order valence-corrected chi connectivity index (χ1v) is 1.75. The Labute approximate surface area is 62.5 Å². The van der Waals surface area contributed by atoms with Crippen molar-refractivity contribution < 1.29 is 24.5 Å². The standard InChI is InChI=1S/C3H5FO4.Li.H/c4-1-3(7,8)2(5)6;;/h7-8H,1H2,(H,5,6);;. The molecule has 3 N–H and O–H groups in total. The molecule has 0 rings (SSSR count). The summed E-state index contributed by atoms with van der Waals surface area (Å²) in [5, 5.41) is 23.7. The van der Waals surface area contributed by atoms with E-state index in [9.17, 15) is 9.18 Å². The van der Waals surface area contributed by atoms with Gasteiger partial charge in [-0.3, -0.25) is 0 Å². The maximum absolute atomic E-state index is 11.1. The van der Waals surface area contributed by atoms with Crippen LogP contribution in [-0.4, -0.2) is 52.6 Å². The maximum atomic E-state index is 11.1. The van der Waals surface area contributed by atoms with E-state index in [1.165, 1.54) is 0 Å². The summed E-state index contributed by atoms with van der Waals surface area (Å²) in [7, 11) is 0. The molecule has 0 fully saturated rings. The van der Waals surface area contributed by atoms with Gasteiger partial charge in [-0.15, -0.1) is 0 Å². The number of rotatable bonds is 2. The first-order valence-electron chi connectivity index (χ1n) is 1.75. The number of aliphatic carboxylic acids is 1. The molecule has 0 aromatic heterocycles. The van der Waals surface area contributed by atoms with Gasteiger partial charge in [0.05, 0.1) is 0 Å². The van der Waals surface area contributed by atoms with Crippen molar-refractivity contribution in [1.82, 2.24) is 0 Å². The summed E-state index contributed by atoms with van der Waals surface area (Å²) in [6.07, 6.45) is 0. The number of aliphatic hydroxyl groups is 2. The fourth-order valence-corrected chi connectivity index (χ4v) is 0.0572. The predicted octanol–water partition coefficient (Wildman–Crippen LogP) is -1.93. The molecule has 50 valence electrons. The average Bonchev–Trinajstić information content (AvgIpc) is 1.67. The zero-order chi connectivity index (χ0) is 6.78. The Balaban J connectivity index is 0. The van der Waals surface area contributed by atoms with Crippen LogP contribution in [0.25, 0.3) is 0 Å². The summed E-state index contributed by atoms with van der Waals surface area (Å²) < 4.78 is 11.1. The predicted molar refractivity (Wildman–Crippen MR) is 27.9 cm³/mol. The minimum absolute atomic E-state index is 0. The molecule has 6 heteroatoms. The molecule has 9 heavy (non-hydrogen) atoms. The molecule has 4 nitrogen and oxygen atoms in total. The molecular weight excluding hydrogens is 126 g/mol. The zero-order valence-corrected chi connectivity index (χ0v) is 3.83. The molecule has 0 bridgehead atoms. The van der Waals surface area contributed by atoms with Gasteiger partial charge in [0.2, 0.25) is 0 Å². The van der Waals surface area contributed by atoms with Crippen molar-refractivity contribution in [3.63, 3.8) is 0 Å². The Morgan fingerprint density at radius 1 is 1.56 bits per heavy atom. The van der Waals surface area contributed by atoms with Gasteiger partial charge in [-0.25, -0.2) is 9.18 Å². The molecule has 0 saturated carbocycles. The van der Waals surface area contributed by atoms with Gasteiger partial charge >= 0.3 is 24.8 Å². The third-order valence-corrected chi connectivity index (χ3v) is 0.529. The van der Waals surface area contributed by atoms with Gasteiger partial charge in [-0.05, 0) is 0 Å². The zero-order valence-electron chi connectivity index (χ0n) is 3.83. The van der Waals surface area contributed by atoms with Crippen LogP contribution in [0.5, 0.6) is 0 Å². The van der Waals surface area contributed by atoms with E-state index in [1.807, 2.05) is 0 Å². The quantitative estimate of drug-likeness (QED) is 0.302. The molecule has 0 aromatic rings. The molecule has 0 amide bonds. The van der Waals surface area contributed by atoms with E-state index in [2.05, 4.69) is 0 Å². The van der Waals surface area contributed by atoms with E-state index >= 15 is 0 Å². The van der Waals surface area contributed by atoms with Crippen LogP contribution < -0.4 is 0 Å². The first-order chi connectivity index (χ1) is 3.50. The van der Waals surface area contributed by atoms with E-state index in [0.29, 0.717) is 0 Å². The van der Waals surface area contributed by atoms with Crippen molar-refractivity contribution in [2.24, 2.45) is 0 Å². The molecule has 0 radical (unpaired) electrons. The van der Waals surface area contributed by atoms with Gasteiger partial charge in [0.15, 0.2) is 6.67 Å². The normalized spacial score (nSPS) is 10.1. The van der Waals surface area contributed by atoms with Crippen molar-refractivity contribution in [2.45, 2.75) is 5.79 Å². The molecule has 0 aliphatic carbocycles. The van der Waals surface area contributed by atoms with Crippen LogP contribution in [0.4, 0.5) is 4.39 Å². The van der Waals surface area contributed by atoms with Crippen LogP contribution in [0.15, 0.2) is 0 Å². The van der Waals surface area contributed by atoms with Gasteiger partial charge in [-0.1, -0.05) is 0 Å². The SMILES string of the molecule is O=C(O)C(O)(O)CF.[LiH]. The number of hydrogen-bond acceptors (Lipinski definition) is 3. The summed E-state index contributed by atoms with van der Waals surface area (Å²) >= 11 is 0. The van der Waals surface area contributed by atoms with Crippen LogP contribution in [0.2, 0.25) is 0 Å². The minimum atomic E-state index is -3.21. The van der Waals surface area contributed by atoms with Crippen molar-refractivity contribution in [3.8, 4) is 0 Å². The second-order valence-corrected chi connectivity index (χ2v) is 1.26. The van der Waals surface area contributed by atoms with Gasteiger partial charge in [0.25, 0.3) is 5.79 Å². The van der Waals surface area contributed by atoms with E-state index in [-0.39, 0.29) is 18.9 Å². The fraction of sp³-hybridized carbons (Fsp3) is 0.667. The van der Waals surface area contributed by atoms with Crippen LogP contribution in [0.3, 0.4) is 0 Å². The summed E-state index contributed by atoms with van der Waals surface area (Å²) in [4.78, 5) is 9.51.